The summed E-state index contributed by atoms with van der Waals surface area (Å²) in [4.78, 5) is 17.0. The van der Waals surface area contributed by atoms with Gasteiger partial charge in [0.1, 0.15) is 12.4 Å². The number of benzene rings is 2. The fourth-order valence-electron chi connectivity index (χ4n) is 2.68. The number of nitrogens with one attached hydrogen (secondary N) is 1. The summed E-state index contributed by atoms with van der Waals surface area (Å²) in [6.45, 7) is 1.94. The van der Waals surface area contributed by atoms with E-state index >= 15 is 0 Å². The van der Waals surface area contributed by atoms with Gasteiger partial charge in [-0.3, -0.25) is 4.79 Å². The highest BCUT2D eigenvalue weighted by molar-refractivity contribution is 7.89. The Balaban J connectivity index is 1.82. The fraction of sp³-hybridized carbons (Fsp3) is 0.222. The minimum atomic E-state index is -3.55. The molecule has 1 heterocycles. The van der Waals surface area contributed by atoms with Crippen molar-refractivity contribution in [3.05, 3.63) is 54.4 Å². The van der Waals surface area contributed by atoms with Gasteiger partial charge in [0.15, 0.2) is 0 Å². The molecule has 0 radical (unpaired) electrons. The second-order valence-electron chi connectivity index (χ2n) is 6.10. The van der Waals surface area contributed by atoms with Crippen molar-refractivity contribution in [2.24, 2.45) is 0 Å². The summed E-state index contributed by atoms with van der Waals surface area (Å²) in [5.74, 6) is 0.487. The highest BCUT2D eigenvalue weighted by Crippen LogP contribution is 2.19. The van der Waals surface area contributed by atoms with Crippen LogP contribution in [0.3, 0.4) is 0 Å². The molecule has 26 heavy (non-hydrogen) atoms. The Labute approximate surface area is 152 Å². The number of aromatic nitrogens is 2. The Morgan fingerprint density at radius 2 is 1.88 bits per heavy atom. The third kappa shape index (κ3) is 3.47. The van der Waals surface area contributed by atoms with Crippen LogP contribution in [-0.4, -0.2) is 42.3 Å². The van der Waals surface area contributed by atoms with Crippen molar-refractivity contribution in [1.29, 1.82) is 0 Å². The summed E-state index contributed by atoms with van der Waals surface area (Å²) in [5, 5.41) is 2.75. The van der Waals surface area contributed by atoms with Crippen LogP contribution in [0.2, 0.25) is 0 Å². The molecule has 7 nitrogen and oxygen atoms in total. The number of amides is 1. The van der Waals surface area contributed by atoms with Crippen LogP contribution in [0, 0.1) is 6.92 Å². The van der Waals surface area contributed by atoms with Crippen LogP contribution in [0.4, 0.5) is 5.69 Å². The van der Waals surface area contributed by atoms with E-state index in [-0.39, 0.29) is 17.3 Å². The van der Waals surface area contributed by atoms with Crippen molar-refractivity contribution in [1.82, 2.24) is 13.9 Å². The molecule has 0 aliphatic heterocycles. The van der Waals surface area contributed by atoms with Gasteiger partial charge in [0.2, 0.25) is 15.9 Å². The number of sulfonamides is 1. The van der Waals surface area contributed by atoms with Gasteiger partial charge in [-0.25, -0.2) is 17.7 Å². The van der Waals surface area contributed by atoms with Gasteiger partial charge in [-0.05, 0) is 37.3 Å². The maximum atomic E-state index is 12.5. The highest BCUT2D eigenvalue weighted by atomic mass is 32.2. The molecule has 1 amide bonds. The Kier molecular flexibility index (Phi) is 4.80. The highest BCUT2D eigenvalue weighted by Gasteiger charge is 2.18. The number of para-hydroxylation sites is 2. The third-order valence-corrected chi connectivity index (χ3v) is 5.85. The van der Waals surface area contributed by atoms with Crippen LogP contribution in [0.1, 0.15) is 5.82 Å². The van der Waals surface area contributed by atoms with Gasteiger partial charge < -0.3 is 9.88 Å². The normalized spacial score (nSPS) is 11.8. The summed E-state index contributed by atoms with van der Waals surface area (Å²) in [7, 11) is -0.622. The van der Waals surface area contributed by atoms with Crippen LogP contribution in [0.15, 0.2) is 53.4 Å². The van der Waals surface area contributed by atoms with Gasteiger partial charge in [-0.2, -0.15) is 0 Å². The minimum Gasteiger partial charge on any atom is -0.324 e. The molecule has 3 aromatic rings. The van der Waals surface area contributed by atoms with Crippen molar-refractivity contribution in [2.45, 2.75) is 18.4 Å². The average Bonchev–Trinajstić information content (AvgIpc) is 2.90. The van der Waals surface area contributed by atoms with Crippen molar-refractivity contribution >= 4 is 32.7 Å². The number of hydrogen-bond acceptors (Lipinski definition) is 4. The Bertz CT molecular complexity index is 1070. The largest absolute Gasteiger partial charge is 0.324 e. The van der Waals surface area contributed by atoms with E-state index in [4.69, 9.17) is 0 Å². The van der Waals surface area contributed by atoms with Gasteiger partial charge >= 0.3 is 0 Å². The van der Waals surface area contributed by atoms with Gasteiger partial charge in [0.25, 0.3) is 0 Å². The van der Waals surface area contributed by atoms with Gasteiger partial charge in [-0.1, -0.05) is 18.2 Å². The van der Waals surface area contributed by atoms with E-state index in [2.05, 4.69) is 10.3 Å². The molecule has 2 aromatic carbocycles. The van der Waals surface area contributed by atoms with E-state index in [1.165, 1.54) is 26.2 Å². The molecule has 0 aliphatic rings. The van der Waals surface area contributed by atoms with Crippen LogP contribution >= 0.6 is 0 Å². The summed E-state index contributed by atoms with van der Waals surface area (Å²) < 4.78 is 27.4. The van der Waals surface area contributed by atoms with Crippen molar-refractivity contribution in [3.8, 4) is 0 Å². The molecule has 0 unspecified atom stereocenters. The van der Waals surface area contributed by atoms with Gasteiger partial charge in [0.05, 0.1) is 15.9 Å². The van der Waals surface area contributed by atoms with E-state index in [1.54, 1.807) is 12.1 Å². The number of imidazole rings is 1. The lowest BCUT2D eigenvalue weighted by Crippen LogP contribution is -2.23. The molecule has 0 saturated heterocycles. The van der Waals surface area contributed by atoms with Gasteiger partial charge in [0, 0.05) is 19.8 Å². The first-order valence-electron chi connectivity index (χ1n) is 8.03. The zero-order valence-electron chi connectivity index (χ0n) is 14.8. The first-order valence-corrected chi connectivity index (χ1v) is 9.47. The molecule has 1 N–H and O–H groups in total. The topological polar surface area (TPSA) is 84.3 Å². The van der Waals surface area contributed by atoms with Crippen LogP contribution in [0.25, 0.3) is 11.0 Å². The number of aryl methyl sites for hydroxylation is 1. The SMILES string of the molecule is Cc1nc2ccccc2n1CC(=O)Nc1cccc(S(=O)(=O)N(C)C)c1. The lowest BCUT2D eigenvalue weighted by molar-refractivity contribution is -0.116. The zero-order chi connectivity index (χ0) is 18.9. The van der Waals surface area contributed by atoms with E-state index in [1.807, 2.05) is 35.8 Å². The molecule has 3 rings (SSSR count). The summed E-state index contributed by atoms with van der Waals surface area (Å²) in [6, 6.07) is 13.8. The van der Waals surface area contributed by atoms with E-state index in [9.17, 15) is 13.2 Å². The Hall–Kier alpha value is -2.71. The van der Waals surface area contributed by atoms with E-state index in [0.29, 0.717) is 5.69 Å². The molecule has 1 aromatic heterocycles. The molecular weight excluding hydrogens is 352 g/mol. The van der Waals surface area contributed by atoms with Crippen LogP contribution < -0.4 is 5.32 Å². The molecule has 136 valence electrons. The summed E-state index contributed by atoms with van der Waals surface area (Å²) in [5.41, 5.74) is 2.14. The lowest BCUT2D eigenvalue weighted by Gasteiger charge is -2.13. The maximum Gasteiger partial charge on any atom is 0.244 e. The average molecular weight is 372 g/mol. The van der Waals surface area contributed by atoms with Crippen molar-refractivity contribution < 1.29 is 13.2 Å². The van der Waals surface area contributed by atoms with E-state index in [0.717, 1.165) is 21.2 Å². The number of carbonyl (C=O) groups is 1. The number of rotatable bonds is 5. The Morgan fingerprint density at radius 1 is 1.15 bits per heavy atom. The molecule has 0 saturated carbocycles. The standard InChI is InChI=1S/C18H20N4O3S/c1-13-19-16-9-4-5-10-17(16)22(13)12-18(23)20-14-7-6-8-15(11-14)26(24,25)21(2)3/h4-11H,12H2,1-3H3,(H,20,23). The van der Waals surface area contributed by atoms with Crippen molar-refractivity contribution in [2.75, 3.05) is 19.4 Å². The molecule has 0 bridgehead atoms. The number of fused-ring (bicyclic) bond motifs is 1. The molecular formula is C18H20N4O3S. The quantitative estimate of drug-likeness (QED) is 0.744. The number of carbonyl (C=O) groups excluding carboxylic acids is 1. The summed E-state index contributed by atoms with van der Waals surface area (Å²) in [6.07, 6.45) is 0. The molecule has 0 atom stereocenters. The number of nitrogens with zero attached hydrogens (tertiary/aromatic N) is 3. The molecule has 8 heteroatoms. The van der Waals surface area contributed by atoms with Crippen molar-refractivity contribution in [3.63, 3.8) is 0 Å². The molecule has 0 fully saturated rings. The third-order valence-electron chi connectivity index (χ3n) is 4.04. The Morgan fingerprint density at radius 3 is 2.62 bits per heavy atom. The monoisotopic (exact) mass is 372 g/mol. The first kappa shape index (κ1) is 18.1. The molecule has 0 aliphatic carbocycles. The summed E-state index contributed by atoms with van der Waals surface area (Å²) >= 11 is 0. The first-order chi connectivity index (χ1) is 12.3. The predicted octanol–water partition coefficient (Wildman–Crippen LogP) is 2.23. The van der Waals surface area contributed by atoms with Crippen LogP contribution in [0.5, 0.6) is 0 Å². The zero-order valence-corrected chi connectivity index (χ0v) is 15.6. The fourth-order valence-corrected chi connectivity index (χ4v) is 3.63. The number of hydrogen-bond donors (Lipinski definition) is 1. The lowest BCUT2D eigenvalue weighted by atomic mass is 10.3. The predicted molar refractivity (Wildman–Crippen MR) is 100 cm³/mol. The second kappa shape index (κ2) is 6.89. The maximum absolute atomic E-state index is 12.5. The van der Waals surface area contributed by atoms with Gasteiger partial charge in [-0.15, -0.1) is 0 Å². The second-order valence-corrected chi connectivity index (χ2v) is 8.25. The number of anilines is 1. The smallest absolute Gasteiger partial charge is 0.244 e. The van der Waals surface area contributed by atoms with Crippen LogP contribution in [-0.2, 0) is 21.4 Å². The van der Waals surface area contributed by atoms with E-state index < -0.39 is 10.0 Å². The minimum absolute atomic E-state index is 0.0943. The molecule has 0 spiro atoms.